The molecule has 0 N–H and O–H groups in total. The molecule has 10 heteroatoms. The Morgan fingerprint density at radius 1 is 1.28 bits per heavy atom. The minimum Gasteiger partial charge on any atom is -0.482 e. The average Bonchev–Trinajstić information content (AvgIpc) is 2.64. The first kappa shape index (κ1) is 17.6. The van der Waals surface area contributed by atoms with Gasteiger partial charge in [-0.05, 0) is 12.1 Å². The largest absolute Gasteiger partial charge is 0.482 e. The molecule has 1 saturated heterocycles. The van der Waals surface area contributed by atoms with Crippen molar-refractivity contribution < 1.29 is 32.2 Å². The van der Waals surface area contributed by atoms with Crippen molar-refractivity contribution in [2.24, 2.45) is 0 Å². The van der Waals surface area contributed by atoms with E-state index in [9.17, 15) is 18.0 Å². The van der Waals surface area contributed by atoms with Crippen LogP contribution in [0.1, 0.15) is 0 Å². The molecule has 0 spiro atoms. The molecule has 2 aliphatic rings. The summed E-state index contributed by atoms with van der Waals surface area (Å²) in [6, 6.07) is 4.23. The van der Waals surface area contributed by atoms with Gasteiger partial charge in [-0.15, -0.1) is 0 Å². The normalized spacial score (nSPS) is 18.4. The van der Waals surface area contributed by atoms with Crippen LogP contribution in [0, 0.1) is 0 Å². The maximum Gasteiger partial charge on any atom is 0.325 e. The van der Waals surface area contributed by atoms with Crippen LogP contribution in [0.5, 0.6) is 5.75 Å². The molecule has 0 unspecified atom stereocenters. The van der Waals surface area contributed by atoms with E-state index in [0.717, 1.165) is 0 Å². The maximum atomic E-state index is 12.7. The van der Waals surface area contributed by atoms with Gasteiger partial charge in [-0.1, -0.05) is 0 Å². The van der Waals surface area contributed by atoms with E-state index in [0.29, 0.717) is 18.9 Å². The zero-order valence-corrected chi connectivity index (χ0v) is 14.5. The molecular formula is C15H18N2O7S. The number of methoxy groups -OCH3 is 1. The van der Waals surface area contributed by atoms with Crippen LogP contribution in [-0.2, 0) is 29.1 Å². The first-order chi connectivity index (χ1) is 11.9. The molecule has 0 radical (unpaired) electrons. The summed E-state index contributed by atoms with van der Waals surface area (Å²) < 4.78 is 41.9. The number of hydrogen-bond donors (Lipinski definition) is 0. The van der Waals surface area contributed by atoms with Gasteiger partial charge in [0.15, 0.2) is 6.61 Å². The van der Waals surface area contributed by atoms with Gasteiger partial charge >= 0.3 is 5.97 Å². The molecule has 25 heavy (non-hydrogen) atoms. The Labute approximate surface area is 145 Å². The molecule has 0 aliphatic carbocycles. The van der Waals surface area contributed by atoms with E-state index in [-0.39, 0.29) is 36.9 Å². The molecule has 0 bridgehead atoms. The van der Waals surface area contributed by atoms with Crippen molar-refractivity contribution in [3.05, 3.63) is 18.2 Å². The van der Waals surface area contributed by atoms with Crippen LogP contribution < -0.4 is 9.64 Å². The van der Waals surface area contributed by atoms with Crippen LogP contribution in [0.25, 0.3) is 0 Å². The zero-order chi connectivity index (χ0) is 18.0. The van der Waals surface area contributed by atoms with Gasteiger partial charge in [0, 0.05) is 19.2 Å². The Bertz CT molecular complexity index is 787. The number of carbonyl (C=O) groups excluding carboxylic acids is 2. The van der Waals surface area contributed by atoms with Crippen LogP contribution in [0.3, 0.4) is 0 Å². The fourth-order valence-electron chi connectivity index (χ4n) is 2.65. The van der Waals surface area contributed by atoms with Crippen LogP contribution in [-0.4, -0.2) is 71.2 Å². The van der Waals surface area contributed by atoms with E-state index >= 15 is 0 Å². The van der Waals surface area contributed by atoms with Crippen molar-refractivity contribution in [2.45, 2.75) is 4.90 Å². The van der Waals surface area contributed by atoms with E-state index in [1.807, 2.05) is 0 Å². The molecule has 9 nitrogen and oxygen atoms in total. The highest BCUT2D eigenvalue weighted by Gasteiger charge is 2.31. The fraction of sp³-hybridized carbons (Fsp3) is 0.467. The predicted molar refractivity (Wildman–Crippen MR) is 85.9 cm³/mol. The Morgan fingerprint density at radius 2 is 2.00 bits per heavy atom. The van der Waals surface area contributed by atoms with Crippen molar-refractivity contribution in [1.82, 2.24) is 4.31 Å². The molecule has 0 atom stereocenters. The number of nitrogens with zero attached hydrogens (tertiary/aromatic N) is 2. The van der Waals surface area contributed by atoms with Crippen LogP contribution >= 0.6 is 0 Å². The summed E-state index contributed by atoms with van der Waals surface area (Å²) in [6.07, 6.45) is 0. The molecule has 136 valence electrons. The summed E-state index contributed by atoms with van der Waals surface area (Å²) >= 11 is 0. The van der Waals surface area contributed by atoms with Crippen molar-refractivity contribution in [3.8, 4) is 5.75 Å². The Balaban J connectivity index is 1.91. The molecule has 0 aromatic heterocycles. The zero-order valence-electron chi connectivity index (χ0n) is 13.6. The fourth-order valence-corrected chi connectivity index (χ4v) is 4.07. The van der Waals surface area contributed by atoms with Crippen LogP contribution in [0.4, 0.5) is 5.69 Å². The van der Waals surface area contributed by atoms with Crippen molar-refractivity contribution >= 4 is 27.6 Å². The monoisotopic (exact) mass is 370 g/mol. The van der Waals surface area contributed by atoms with Gasteiger partial charge in [-0.3, -0.25) is 14.5 Å². The number of esters is 1. The smallest absolute Gasteiger partial charge is 0.325 e. The number of hydrogen-bond acceptors (Lipinski definition) is 7. The van der Waals surface area contributed by atoms with E-state index in [2.05, 4.69) is 4.74 Å². The molecule has 1 aromatic carbocycles. The Morgan fingerprint density at radius 3 is 2.68 bits per heavy atom. The minimum atomic E-state index is -3.68. The highest BCUT2D eigenvalue weighted by molar-refractivity contribution is 7.89. The molecule has 2 aliphatic heterocycles. The Hall–Kier alpha value is -2.17. The summed E-state index contributed by atoms with van der Waals surface area (Å²) in [7, 11) is -2.45. The summed E-state index contributed by atoms with van der Waals surface area (Å²) in [6.45, 7) is 0.733. The Kier molecular flexibility index (Phi) is 4.93. The average molecular weight is 370 g/mol. The van der Waals surface area contributed by atoms with Gasteiger partial charge < -0.3 is 14.2 Å². The van der Waals surface area contributed by atoms with Gasteiger partial charge in [-0.2, -0.15) is 4.31 Å². The van der Waals surface area contributed by atoms with Crippen LogP contribution in [0.15, 0.2) is 23.1 Å². The second kappa shape index (κ2) is 6.98. The minimum absolute atomic E-state index is 0.0699. The lowest BCUT2D eigenvalue weighted by Crippen LogP contribution is -2.42. The van der Waals surface area contributed by atoms with Crippen molar-refractivity contribution in [2.75, 3.05) is 51.5 Å². The predicted octanol–water partition coefficient (Wildman–Crippen LogP) is -0.394. The van der Waals surface area contributed by atoms with Gasteiger partial charge in [0.2, 0.25) is 10.0 Å². The van der Waals surface area contributed by atoms with Crippen LogP contribution in [0.2, 0.25) is 0 Å². The number of fused-ring (bicyclic) bond motifs is 1. The summed E-state index contributed by atoms with van der Waals surface area (Å²) in [5.74, 6) is -0.745. The number of carbonyl (C=O) groups is 2. The second-order valence-electron chi connectivity index (χ2n) is 5.49. The van der Waals surface area contributed by atoms with Gasteiger partial charge in [0.1, 0.15) is 12.3 Å². The molecular weight excluding hydrogens is 352 g/mol. The number of morpholine rings is 1. The SMILES string of the molecule is COC(=O)CN1C(=O)COc2cc(S(=O)(=O)N3CCOCC3)ccc21. The number of sulfonamides is 1. The third kappa shape index (κ3) is 3.46. The highest BCUT2D eigenvalue weighted by Crippen LogP contribution is 2.35. The topological polar surface area (TPSA) is 102 Å². The second-order valence-corrected chi connectivity index (χ2v) is 7.43. The van der Waals surface area contributed by atoms with E-state index in [1.165, 1.54) is 34.5 Å². The molecule has 3 rings (SSSR count). The number of benzene rings is 1. The first-order valence-corrected chi connectivity index (χ1v) is 9.09. The standard InChI is InChI=1S/C15H18N2O7S/c1-22-15(19)9-17-12-3-2-11(8-13(12)24-10-14(17)18)25(20,21)16-4-6-23-7-5-16/h2-3,8H,4-7,9-10H2,1H3. The highest BCUT2D eigenvalue weighted by atomic mass is 32.2. The van der Waals surface area contributed by atoms with E-state index in [1.54, 1.807) is 0 Å². The molecule has 1 amide bonds. The van der Waals surface area contributed by atoms with E-state index < -0.39 is 21.9 Å². The molecule has 2 heterocycles. The van der Waals surface area contributed by atoms with E-state index in [4.69, 9.17) is 9.47 Å². The summed E-state index contributed by atoms with van der Waals surface area (Å²) in [5.41, 5.74) is 0.336. The molecule has 1 aromatic rings. The number of rotatable bonds is 4. The third-order valence-electron chi connectivity index (χ3n) is 4.00. The van der Waals surface area contributed by atoms with Gasteiger partial charge in [-0.25, -0.2) is 8.42 Å². The number of anilines is 1. The van der Waals surface area contributed by atoms with Gasteiger partial charge in [0.05, 0.1) is 30.9 Å². The molecule has 1 fully saturated rings. The first-order valence-electron chi connectivity index (χ1n) is 7.65. The maximum absolute atomic E-state index is 12.7. The summed E-state index contributed by atoms with van der Waals surface area (Å²) in [4.78, 5) is 24.8. The number of ether oxygens (including phenoxy) is 3. The quantitative estimate of drug-likeness (QED) is 0.665. The molecule has 0 saturated carbocycles. The summed E-state index contributed by atoms with van der Waals surface area (Å²) in [5, 5.41) is 0. The van der Waals surface area contributed by atoms with Crippen molar-refractivity contribution in [1.29, 1.82) is 0 Å². The lowest BCUT2D eigenvalue weighted by molar-refractivity contribution is -0.140. The van der Waals surface area contributed by atoms with Gasteiger partial charge in [0.25, 0.3) is 5.91 Å². The number of amides is 1. The van der Waals surface area contributed by atoms with Crippen molar-refractivity contribution in [3.63, 3.8) is 0 Å². The lowest BCUT2D eigenvalue weighted by Gasteiger charge is -2.30. The third-order valence-corrected chi connectivity index (χ3v) is 5.89. The lowest BCUT2D eigenvalue weighted by atomic mass is 10.2.